The SMILES string of the molecule is Cc1c(C(C)NCCC2CCOC2)sc2ccccc12. The lowest BCUT2D eigenvalue weighted by atomic mass is 10.0. The highest BCUT2D eigenvalue weighted by molar-refractivity contribution is 7.19. The molecule has 1 aromatic heterocycles. The number of benzene rings is 1. The number of ether oxygens (including phenoxy) is 1. The Hall–Kier alpha value is -0.900. The van der Waals surface area contributed by atoms with Gasteiger partial charge in [0.2, 0.25) is 0 Å². The van der Waals surface area contributed by atoms with Crippen LogP contribution in [0.2, 0.25) is 0 Å². The number of hydrogen-bond acceptors (Lipinski definition) is 3. The van der Waals surface area contributed by atoms with Gasteiger partial charge in [-0.25, -0.2) is 0 Å². The number of nitrogens with one attached hydrogen (secondary N) is 1. The number of rotatable bonds is 5. The maximum Gasteiger partial charge on any atom is 0.0495 e. The maximum absolute atomic E-state index is 5.43. The van der Waals surface area contributed by atoms with Crippen LogP contribution in [0.25, 0.3) is 10.1 Å². The molecule has 2 unspecified atom stereocenters. The van der Waals surface area contributed by atoms with E-state index in [0.717, 1.165) is 25.7 Å². The van der Waals surface area contributed by atoms with Crippen LogP contribution in [0.4, 0.5) is 0 Å². The fraction of sp³-hybridized carbons (Fsp3) is 0.529. The summed E-state index contributed by atoms with van der Waals surface area (Å²) in [6.07, 6.45) is 2.46. The molecule has 108 valence electrons. The Morgan fingerprint density at radius 2 is 2.25 bits per heavy atom. The molecule has 1 fully saturated rings. The van der Waals surface area contributed by atoms with E-state index in [9.17, 15) is 0 Å². The normalized spacial score (nSPS) is 20.6. The zero-order valence-electron chi connectivity index (χ0n) is 12.3. The molecule has 20 heavy (non-hydrogen) atoms. The van der Waals surface area contributed by atoms with Gasteiger partial charge in [0.05, 0.1) is 0 Å². The second-order valence-electron chi connectivity index (χ2n) is 5.78. The molecule has 2 nitrogen and oxygen atoms in total. The molecule has 1 N–H and O–H groups in total. The van der Waals surface area contributed by atoms with Crippen molar-refractivity contribution in [2.75, 3.05) is 19.8 Å². The molecule has 0 aliphatic carbocycles. The number of hydrogen-bond donors (Lipinski definition) is 1. The van der Waals surface area contributed by atoms with Crippen molar-refractivity contribution in [1.29, 1.82) is 0 Å². The third-order valence-electron chi connectivity index (χ3n) is 4.30. The van der Waals surface area contributed by atoms with E-state index in [4.69, 9.17) is 4.74 Å². The molecule has 0 saturated carbocycles. The van der Waals surface area contributed by atoms with Crippen molar-refractivity contribution in [2.45, 2.75) is 32.7 Å². The molecule has 3 rings (SSSR count). The van der Waals surface area contributed by atoms with Crippen LogP contribution in [0.1, 0.15) is 36.2 Å². The predicted octanol–water partition coefficient (Wildman–Crippen LogP) is 4.29. The van der Waals surface area contributed by atoms with Crippen molar-refractivity contribution in [1.82, 2.24) is 5.32 Å². The van der Waals surface area contributed by atoms with Gasteiger partial charge >= 0.3 is 0 Å². The first-order valence-electron chi connectivity index (χ1n) is 7.55. The van der Waals surface area contributed by atoms with Crippen molar-refractivity contribution in [3.63, 3.8) is 0 Å². The highest BCUT2D eigenvalue weighted by atomic mass is 32.1. The topological polar surface area (TPSA) is 21.3 Å². The molecule has 2 heterocycles. The minimum absolute atomic E-state index is 0.440. The summed E-state index contributed by atoms with van der Waals surface area (Å²) in [5.41, 5.74) is 1.44. The molecule has 2 atom stereocenters. The molecule has 0 spiro atoms. The standard InChI is InChI=1S/C17H23NOS/c1-12-15-5-3-4-6-16(15)20-17(12)13(2)18-9-7-14-8-10-19-11-14/h3-6,13-14,18H,7-11H2,1-2H3. The van der Waals surface area contributed by atoms with Gasteiger partial charge in [0, 0.05) is 28.8 Å². The first-order chi connectivity index (χ1) is 9.75. The second-order valence-corrected chi connectivity index (χ2v) is 6.87. The molecule has 1 aliphatic heterocycles. The minimum atomic E-state index is 0.440. The summed E-state index contributed by atoms with van der Waals surface area (Å²) in [4.78, 5) is 1.48. The highest BCUT2D eigenvalue weighted by Crippen LogP contribution is 2.34. The largest absolute Gasteiger partial charge is 0.381 e. The van der Waals surface area contributed by atoms with E-state index < -0.39 is 0 Å². The smallest absolute Gasteiger partial charge is 0.0495 e. The fourth-order valence-corrected chi connectivity index (χ4v) is 4.25. The monoisotopic (exact) mass is 289 g/mol. The quantitative estimate of drug-likeness (QED) is 0.886. The average molecular weight is 289 g/mol. The van der Waals surface area contributed by atoms with E-state index in [-0.39, 0.29) is 0 Å². The third kappa shape index (κ3) is 2.90. The first kappa shape index (κ1) is 14.1. The second kappa shape index (κ2) is 6.25. The maximum atomic E-state index is 5.43. The Kier molecular flexibility index (Phi) is 4.39. The average Bonchev–Trinajstić information content (AvgIpc) is 3.08. The Morgan fingerprint density at radius 3 is 3.00 bits per heavy atom. The van der Waals surface area contributed by atoms with Crippen LogP contribution >= 0.6 is 11.3 Å². The van der Waals surface area contributed by atoms with E-state index in [1.807, 2.05) is 11.3 Å². The Morgan fingerprint density at radius 1 is 1.40 bits per heavy atom. The summed E-state index contributed by atoms with van der Waals surface area (Å²) in [6.45, 7) is 7.52. The van der Waals surface area contributed by atoms with Crippen molar-refractivity contribution in [3.8, 4) is 0 Å². The van der Waals surface area contributed by atoms with Crippen molar-refractivity contribution in [2.24, 2.45) is 5.92 Å². The number of fused-ring (bicyclic) bond motifs is 1. The lowest BCUT2D eigenvalue weighted by Gasteiger charge is -2.15. The summed E-state index contributed by atoms with van der Waals surface area (Å²) in [5.74, 6) is 0.762. The Balaban J connectivity index is 1.62. The number of aryl methyl sites for hydroxylation is 1. The Labute approximate surface area is 125 Å². The summed E-state index contributed by atoms with van der Waals surface area (Å²) >= 11 is 1.93. The van der Waals surface area contributed by atoms with E-state index in [1.54, 1.807) is 0 Å². The lowest BCUT2D eigenvalue weighted by molar-refractivity contribution is 0.184. The molecule has 0 amide bonds. The van der Waals surface area contributed by atoms with Gasteiger partial charge in [0.1, 0.15) is 0 Å². The molecule has 1 saturated heterocycles. The van der Waals surface area contributed by atoms with Gasteiger partial charge < -0.3 is 10.1 Å². The van der Waals surface area contributed by atoms with Gasteiger partial charge in [0.25, 0.3) is 0 Å². The van der Waals surface area contributed by atoms with E-state index in [0.29, 0.717) is 6.04 Å². The molecule has 1 aliphatic rings. The Bertz CT molecular complexity index is 571. The van der Waals surface area contributed by atoms with Gasteiger partial charge in [-0.15, -0.1) is 11.3 Å². The highest BCUT2D eigenvalue weighted by Gasteiger charge is 2.17. The van der Waals surface area contributed by atoms with Gasteiger partial charge in [-0.3, -0.25) is 0 Å². The molecule has 0 bridgehead atoms. The summed E-state index contributed by atoms with van der Waals surface area (Å²) in [6, 6.07) is 9.14. The third-order valence-corrected chi connectivity index (χ3v) is 5.76. The molecule has 0 radical (unpaired) electrons. The van der Waals surface area contributed by atoms with Gasteiger partial charge in [-0.2, -0.15) is 0 Å². The minimum Gasteiger partial charge on any atom is -0.381 e. The lowest BCUT2D eigenvalue weighted by Crippen LogP contribution is -2.21. The zero-order valence-corrected chi connectivity index (χ0v) is 13.1. The van der Waals surface area contributed by atoms with E-state index >= 15 is 0 Å². The van der Waals surface area contributed by atoms with Gasteiger partial charge in [-0.1, -0.05) is 18.2 Å². The zero-order chi connectivity index (χ0) is 13.9. The van der Waals surface area contributed by atoms with E-state index in [1.165, 1.54) is 33.4 Å². The van der Waals surface area contributed by atoms with Gasteiger partial charge in [-0.05, 0) is 56.2 Å². The molecule has 2 aromatic rings. The van der Waals surface area contributed by atoms with Crippen LogP contribution in [0, 0.1) is 12.8 Å². The van der Waals surface area contributed by atoms with Crippen LogP contribution in [0.15, 0.2) is 24.3 Å². The molecular formula is C17H23NOS. The van der Waals surface area contributed by atoms with Crippen molar-refractivity contribution in [3.05, 3.63) is 34.7 Å². The summed E-state index contributed by atoms with van der Waals surface area (Å²) < 4.78 is 6.83. The molecule has 3 heteroatoms. The predicted molar refractivity (Wildman–Crippen MR) is 86.5 cm³/mol. The van der Waals surface area contributed by atoms with E-state index in [2.05, 4.69) is 43.4 Å². The van der Waals surface area contributed by atoms with Crippen LogP contribution < -0.4 is 5.32 Å². The number of thiophene rings is 1. The summed E-state index contributed by atoms with van der Waals surface area (Å²) in [5, 5.41) is 5.09. The summed E-state index contributed by atoms with van der Waals surface area (Å²) in [7, 11) is 0. The first-order valence-corrected chi connectivity index (χ1v) is 8.36. The fourth-order valence-electron chi connectivity index (χ4n) is 3.01. The van der Waals surface area contributed by atoms with Crippen molar-refractivity contribution >= 4 is 21.4 Å². The van der Waals surface area contributed by atoms with Crippen LogP contribution in [0.3, 0.4) is 0 Å². The molecule has 1 aromatic carbocycles. The van der Waals surface area contributed by atoms with Crippen LogP contribution in [-0.4, -0.2) is 19.8 Å². The van der Waals surface area contributed by atoms with Crippen molar-refractivity contribution < 1.29 is 4.74 Å². The molecular weight excluding hydrogens is 266 g/mol. The van der Waals surface area contributed by atoms with Gasteiger partial charge in [0.15, 0.2) is 0 Å². The van der Waals surface area contributed by atoms with Crippen LogP contribution in [-0.2, 0) is 4.74 Å². The van der Waals surface area contributed by atoms with Crippen LogP contribution in [0.5, 0.6) is 0 Å².